The van der Waals surface area contributed by atoms with Crippen molar-refractivity contribution in [2.24, 2.45) is 0 Å². The highest BCUT2D eigenvalue weighted by atomic mass is 32.1. The van der Waals surface area contributed by atoms with Crippen LogP contribution in [0.1, 0.15) is 6.92 Å². The number of hydrogen-bond donors (Lipinski definition) is 2. The maximum absolute atomic E-state index is 5.27. The first-order valence-electron chi connectivity index (χ1n) is 6.75. The molecular weight excluding hydrogens is 318 g/mol. The monoisotopic (exact) mass is 333 g/mol. The van der Waals surface area contributed by atoms with Crippen molar-refractivity contribution < 1.29 is 4.74 Å². The highest BCUT2D eigenvalue weighted by Crippen LogP contribution is 2.28. The number of rotatable bonds is 4. The van der Waals surface area contributed by atoms with Crippen LogP contribution in [-0.4, -0.2) is 33.4 Å². The second kappa shape index (κ2) is 6.29. The van der Waals surface area contributed by atoms with Crippen LogP contribution in [-0.2, 0) is 0 Å². The summed E-state index contributed by atoms with van der Waals surface area (Å²) in [6.07, 6.45) is 0. The Morgan fingerprint density at radius 2 is 2.32 bits per heavy atom. The van der Waals surface area contributed by atoms with Gasteiger partial charge in [0.25, 0.3) is 0 Å². The van der Waals surface area contributed by atoms with Crippen LogP contribution in [0, 0.1) is 0 Å². The number of nitrogens with zero attached hydrogens (tertiary/aromatic N) is 3. The van der Waals surface area contributed by atoms with Crippen LogP contribution in [0.2, 0.25) is 0 Å². The first kappa shape index (κ1) is 14.7. The molecule has 0 saturated heterocycles. The van der Waals surface area contributed by atoms with Gasteiger partial charge in [-0.25, -0.2) is 4.52 Å². The number of ether oxygens (including phenoxy) is 1. The highest BCUT2D eigenvalue weighted by Gasteiger charge is 2.12. The van der Waals surface area contributed by atoms with Crippen LogP contribution in [0.25, 0.3) is 16.2 Å². The Hall–Kier alpha value is -2.19. The molecule has 0 atom stereocenters. The van der Waals surface area contributed by atoms with E-state index < -0.39 is 0 Å². The van der Waals surface area contributed by atoms with Crippen LogP contribution in [0.15, 0.2) is 29.6 Å². The van der Waals surface area contributed by atoms with E-state index in [0.717, 1.165) is 28.5 Å². The fraction of sp³-hybridized carbons (Fsp3) is 0.214. The van der Waals surface area contributed by atoms with E-state index in [2.05, 4.69) is 20.7 Å². The molecule has 0 fully saturated rings. The fourth-order valence-electron chi connectivity index (χ4n) is 2.02. The molecule has 1 aromatic carbocycles. The summed E-state index contributed by atoms with van der Waals surface area (Å²) in [5, 5.41) is 13.0. The minimum atomic E-state index is 0.488. The van der Waals surface area contributed by atoms with Crippen molar-refractivity contribution in [3.05, 3.63) is 29.6 Å². The summed E-state index contributed by atoms with van der Waals surface area (Å²) in [6.45, 7) is 2.73. The maximum Gasteiger partial charge on any atom is 0.250 e. The van der Waals surface area contributed by atoms with Gasteiger partial charge in [-0.1, -0.05) is 12.1 Å². The smallest absolute Gasteiger partial charge is 0.250 e. The van der Waals surface area contributed by atoms with Gasteiger partial charge in [0.1, 0.15) is 5.75 Å². The van der Waals surface area contributed by atoms with Crippen molar-refractivity contribution in [3.8, 4) is 17.0 Å². The molecule has 0 amide bonds. The molecule has 8 heteroatoms. The van der Waals surface area contributed by atoms with Gasteiger partial charge in [-0.3, -0.25) is 5.32 Å². The lowest BCUT2D eigenvalue weighted by Gasteiger charge is -2.04. The number of hydrogen-bond acceptors (Lipinski definition) is 5. The zero-order valence-corrected chi connectivity index (χ0v) is 13.8. The largest absolute Gasteiger partial charge is 0.497 e. The van der Waals surface area contributed by atoms with Gasteiger partial charge < -0.3 is 10.1 Å². The summed E-state index contributed by atoms with van der Waals surface area (Å²) in [4.78, 5) is 5.23. The van der Waals surface area contributed by atoms with E-state index in [9.17, 15) is 0 Å². The number of anilines is 1. The van der Waals surface area contributed by atoms with Crippen LogP contribution in [0.3, 0.4) is 0 Å². The van der Waals surface area contributed by atoms with Crippen LogP contribution >= 0.6 is 23.6 Å². The molecule has 3 aromatic rings. The third kappa shape index (κ3) is 2.88. The molecule has 0 aliphatic heterocycles. The Morgan fingerprint density at radius 3 is 3.09 bits per heavy atom. The summed E-state index contributed by atoms with van der Waals surface area (Å²) >= 11 is 6.68. The first-order valence-corrected chi connectivity index (χ1v) is 8.03. The summed E-state index contributed by atoms with van der Waals surface area (Å²) in [7, 11) is 1.65. The zero-order valence-electron chi connectivity index (χ0n) is 12.2. The predicted molar refractivity (Wildman–Crippen MR) is 92.7 cm³/mol. The molecule has 22 heavy (non-hydrogen) atoms. The normalized spacial score (nSPS) is 10.6. The fourth-order valence-corrected chi connectivity index (χ4v) is 3.09. The van der Waals surface area contributed by atoms with E-state index in [1.807, 2.05) is 36.6 Å². The third-order valence-electron chi connectivity index (χ3n) is 3.01. The first-order chi connectivity index (χ1) is 10.7. The molecular formula is C14H15N5OS2. The predicted octanol–water partition coefficient (Wildman–Crippen LogP) is 2.77. The molecule has 0 unspecified atom stereocenters. The Balaban J connectivity index is 1.94. The van der Waals surface area contributed by atoms with Gasteiger partial charge in [0.2, 0.25) is 10.9 Å². The molecule has 0 saturated carbocycles. The number of benzene rings is 1. The summed E-state index contributed by atoms with van der Waals surface area (Å²) < 4.78 is 7.07. The molecule has 2 heterocycles. The minimum absolute atomic E-state index is 0.488. The Bertz CT molecular complexity index is 811. The van der Waals surface area contributed by atoms with E-state index in [4.69, 9.17) is 17.0 Å². The van der Waals surface area contributed by atoms with Gasteiger partial charge in [0.15, 0.2) is 5.11 Å². The minimum Gasteiger partial charge on any atom is -0.497 e. The third-order valence-corrected chi connectivity index (χ3v) is 4.07. The molecule has 2 N–H and O–H groups in total. The van der Waals surface area contributed by atoms with E-state index in [-0.39, 0.29) is 0 Å². The van der Waals surface area contributed by atoms with Gasteiger partial charge in [0, 0.05) is 17.5 Å². The summed E-state index contributed by atoms with van der Waals surface area (Å²) in [5.41, 5.74) is 1.99. The SMILES string of the molecule is CCNC(=S)Nc1nc2scc(-c3cccc(OC)c3)n2n1. The highest BCUT2D eigenvalue weighted by molar-refractivity contribution is 7.80. The Kier molecular flexibility index (Phi) is 4.21. The Morgan fingerprint density at radius 1 is 1.45 bits per heavy atom. The number of fused-ring (bicyclic) bond motifs is 1. The lowest BCUT2D eigenvalue weighted by atomic mass is 10.2. The number of thiocarbonyl (C=S) groups is 1. The number of methoxy groups -OCH3 is 1. The molecule has 6 nitrogen and oxygen atoms in total. The molecule has 0 spiro atoms. The average Bonchev–Trinajstić information content (AvgIpc) is 3.07. The van der Waals surface area contributed by atoms with Gasteiger partial charge >= 0.3 is 0 Å². The van der Waals surface area contributed by atoms with E-state index >= 15 is 0 Å². The van der Waals surface area contributed by atoms with E-state index in [1.54, 1.807) is 11.6 Å². The molecule has 0 aliphatic carbocycles. The van der Waals surface area contributed by atoms with Crippen molar-refractivity contribution in [2.75, 3.05) is 19.0 Å². The lowest BCUT2D eigenvalue weighted by Crippen LogP contribution is -2.28. The summed E-state index contributed by atoms with van der Waals surface area (Å²) in [6, 6.07) is 7.85. The van der Waals surface area contributed by atoms with Crippen molar-refractivity contribution >= 4 is 39.6 Å². The van der Waals surface area contributed by atoms with Crippen molar-refractivity contribution in [1.82, 2.24) is 19.9 Å². The number of aromatic nitrogens is 3. The molecule has 0 bridgehead atoms. The molecule has 0 aliphatic rings. The quantitative estimate of drug-likeness (QED) is 0.716. The van der Waals surface area contributed by atoms with Crippen LogP contribution < -0.4 is 15.4 Å². The molecule has 114 valence electrons. The van der Waals surface area contributed by atoms with Crippen molar-refractivity contribution in [2.45, 2.75) is 6.92 Å². The molecule has 0 radical (unpaired) electrons. The van der Waals surface area contributed by atoms with Gasteiger partial charge in [-0.15, -0.1) is 16.4 Å². The van der Waals surface area contributed by atoms with Crippen LogP contribution in [0.4, 0.5) is 5.95 Å². The average molecular weight is 333 g/mol. The van der Waals surface area contributed by atoms with E-state index in [1.165, 1.54) is 11.3 Å². The van der Waals surface area contributed by atoms with Crippen molar-refractivity contribution in [1.29, 1.82) is 0 Å². The van der Waals surface area contributed by atoms with E-state index in [0.29, 0.717) is 11.1 Å². The maximum atomic E-state index is 5.27. The number of thiazole rings is 1. The van der Waals surface area contributed by atoms with Gasteiger partial charge in [0.05, 0.1) is 12.8 Å². The number of nitrogens with one attached hydrogen (secondary N) is 2. The van der Waals surface area contributed by atoms with Gasteiger partial charge in [-0.05, 0) is 31.3 Å². The second-order valence-electron chi connectivity index (χ2n) is 4.47. The van der Waals surface area contributed by atoms with Crippen LogP contribution in [0.5, 0.6) is 5.75 Å². The zero-order chi connectivity index (χ0) is 15.5. The Labute approximate surface area is 137 Å². The molecule has 3 rings (SSSR count). The lowest BCUT2D eigenvalue weighted by molar-refractivity contribution is 0.415. The molecule has 2 aromatic heterocycles. The van der Waals surface area contributed by atoms with Gasteiger partial charge in [-0.2, -0.15) is 4.98 Å². The standard InChI is InChI=1S/C14H15N5OS2/c1-3-15-13(21)16-12-17-14-19(18-12)11(8-22-14)9-5-4-6-10(7-9)20-2/h4-8H,3H2,1-2H3,(H2,15,16,18,21). The summed E-state index contributed by atoms with van der Waals surface area (Å²) in [5.74, 6) is 1.30. The van der Waals surface area contributed by atoms with Crippen molar-refractivity contribution in [3.63, 3.8) is 0 Å². The topological polar surface area (TPSA) is 63.5 Å². The second-order valence-corrected chi connectivity index (χ2v) is 5.71.